The van der Waals surface area contributed by atoms with Crippen molar-refractivity contribution >= 4 is 5.91 Å². The van der Waals surface area contributed by atoms with Crippen LogP contribution in [0, 0.1) is 6.92 Å². The Morgan fingerprint density at radius 1 is 1.29 bits per heavy atom. The van der Waals surface area contributed by atoms with Crippen molar-refractivity contribution < 1.29 is 18.4 Å². The molecule has 3 aromatic rings. The minimum absolute atomic E-state index is 0.163. The van der Waals surface area contributed by atoms with Gasteiger partial charge in [-0.1, -0.05) is 18.2 Å². The largest absolute Gasteiger partial charge is 0.496 e. The standard InChI is InChI=1S/C21H23N3O4/c1-14-19(27-13-23-14)21(25)24-10-6-5-8-17(24)20-22-12-16(28-20)11-15-7-3-4-9-18(15)26-2/h3-4,7,9,12-13,17H,5-6,8,10-11H2,1-2H3/t17-/m1/s1. The van der Waals surface area contributed by atoms with E-state index in [2.05, 4.69) is 9.97 Å². The summed E-state index contributed by atoms with van der Waals surface area (Å²) in [6, 6.07) is 7.64. The number of aromatic nitrogens is 2. The molecular formula is C21H23N3O4. The van der Waals surface area contributed by atoms with Gasteiger partial charge in [0.15, 0.2) is 6.39 Å². The minimum atomic E-state index is -0.197. The van der Waals surface area contributed by atoms with Crippen LogP contribution in [0.15, 0.2) is 45.7 Å². The van der Waals surface area contributed by atoms with Crippen LogP contribution in [-0.2, 0) is 6.42 Å². The van der Waals surface area contributed by atoms with Crippen molar-refractivity contribution in [1.29, 1.82) is 0 Å². The number of aryl methyl sites for hydroxylation is 1. The summed E-state index contributed by atoms with van der Waals surface area (Å²) in [5, 5.41) is 0. The maximum atomic E-state index is 13.0. The van der Waals surface area contributed by atoms with Gasteiger partial charge in [-0.25, -0.2) is 9.97 Å². The zero-order valence-electron chi connectivity index (χ0n) is 16.1. The summed E-state index contributed by atoms with van der Waals surface area (Å²) in [6.07, 6.45) is 6.40. The average molecular weight is 381 g/mol. The third-order valence-corrected chi connectivity index (χ3v) is 5.12. The lowest BCUT2D eigenvalue weighted by atomic mass is 10.0. The number of rotatable bonds is 5. The van der Waals surface area contributed by atoms with Gasteiger partial charge in [-0.15, -0.1) is 0 Å². The summed E-state index contributed by atoms with van der Waals surface area (Å²) >= 11 is 0. The fourth-order valence-electron chi connectivity index (χ4n) is 3.66. The maximum absolute atomic E-state index is 13.0. The number of benzene rings is 1. The zero-order chi connectivity index (χ0) is 19.5. The molecule has 1 aromatic carbocycles. The fraction of sp³-hybridized carbons (Fsp3) is 0.381. The number of para-hydroxylation sites is 1. The second-order valence-corrected chi connectivity index (χ2v) is 6.93. The Morgan fingerprint density at radius 3 is 2.93 bits per heavy atom. The second kappa shape index (κ2) is 7.88. The van der Waals surface area contributed by atoms with Gasteiger partial charge in [0, 0.05) is 18.5 Å². The number of amides is 1. The van der Waals surface area contributed by atoms with Crippen molar-refractivity contribution in [2.45, 2.75) is 38.6 Å². The average Bonchev–Trinajstić information content (AvgIpc) is 3.37. The first-order valence-electron chi connectivity index (χ1n) is 9.45. The van der Waals surface area contributed by atoms with E-state index in [1.807, 2.05) is 24.3 Å². The van der Waals surface area contributed by atoms with E-state index in [9.17, 15) is 4.79 Å². The van der Waals surface area contributed by atoms with Gasteiger partial charge in [-0.3, -0.25) is 4.79 Å². The van der Waals surface area contributed by atoms with Crippen LogP contribution in [0.4, 0.5) is 0 Å². The van der Waals surface area contributed by atoms with Crippen LogP contribution in [0.25, 0.3) is 0 Å². The van der Waals surface area contributed by atoms with Crippen molar-refractivity contribution in [2.75, 3.05) is 13.7 Å². The van der Waals surface area contributed by atoms with Gasteiger partial charge in [0.25, 0.3) is 5.91 Å². The van der Waals surface area contributed by atoms with E-state index < -0.39 is 0 Å². The number of hydrogen-bond donors (Lipinski definition) is 0. The highest BCUT2D eigenvalue weighted by atomic mass is 16.5. The lowest BCUT2D eigenvalue weighted by molar-refractivity contribution is 0.0537. The molecule has 146 valence electrons. The van der Waals surface area contributed by atoms with Gasteiger partial charge in [0.2, 0.25) is 11.7 Å². The van der Waals surface area contributed by atoms with Crippen molar-refractivity contribution in [1.82, 2.24) is 14.9 Å². The van der Waals surface area contributed by atoms with E-state index in [0.717, 1.165) is 36.3 Å². The maximum Gasteiger partial charge on any atom is 0.292 e. The quantitative estimate of drug-likeness (QED) is 0.666. The monoisotopic (exact) mass is 381 g/mol. The van der Waals surface area contributed by atoms with E-state index in [1.54, 1.807) is 25.1 Å². The van der Waals surface area contributed by atoms with E-state index in [-0.39, 0.29) is 17.7 Å². The lowest BCUT2D eigenvalue weighted by Crippen LogP contribution is -2.38. The number of piperidine rings is 1. The summed E-state index contributed by atoms with van der Waals surface area (Å²) in [7, 11) is 1.65. The number of hydrogen-bond acceptors (Lipinski definition) is 6. The predicted molar refractivity (Wildman–Crippen MR) is 101 cm³/mol. The molecular weight excluding hydrogens is 358 g/mol. The second-order valence-electron chi connectivity index (χ2n) is 6.93. The van der Waals surface area contributed by atoms with Crippen LogP contribution >= 0.6 is 0 Å². The van der Waals surface area contributed by atoms with Gasteiger partial charge in [0.05, 0.1) is 19.0 Å². The Bertz CT molecular complexity index is 962. The SMILES string of the molecule is COc1ccccc1Cc1cnc([C@H]2CCCCN2C(=O)c2ocnc2C)o1. The smallest absolute Gasteiger partial charge is 0.292 e. The molecule has 0 bridgehead atoms. The van der Waals surface area contributed by atoms with Crippen LogP contribution < -0.4 is 4.74 Å². The van der Waals surface area contributed by atoms with Crippen LogP contribution in [0.1, 0.15) is 58.8 Å². The lowest BCUT2D eigenvalue weighted by Gasteiger charge is -2.33. The van der Waals surface area contributed by atoms with Gasteiger partial charge in [-0.2, -0.15) is 0 Å². The molecule has 1 saturated heterocycles. The van der Waals surface area contributed by atoms with Gasteiger partial charge in [-0.05, 0) is 32.3 Å². The molecule has 0 radical (unpaired) electrons. The van der Waals surface area contributed by atoms with Gasteiger partial charge in [0.1, 0.15) is 17.6 Å². The Morgan fingerprint density at radius 2 is 2.14 bits per heavy atom. The minimum Gasteiger partial charge on any atom is -0.496 e. The molecule has 1 aliphatic rings. The third-order valence-electron chi connectivity index (χ3n) is 5.12. The van der Waals surface area contributed by atoms with Crippen LogP contribution in [0.3, 0.4) is 0 Å². The Balaban J connectivity index is 1.56. The Hall–Kier alpha value is -3.09. The van der Waals surface area contributed by atoms with Crippen molar-refractivity contribution in [3.63, 3.8) is 0 Å². The van der Waals surface area contributed by atoms with Crippen LogP contribution in [0.2, 0.25) is 0 Å². The molecule has 1 atom stereocenters. The molecule has 1 fully saturated rings. The first kappa shape index (κ1) is 18.3. The molecule has 0 aliphatic carbocycles. The molecule has 28 heavy (non-hydrogen) atoms. The summed E-state index contributed by atoms with van der Waals surface area (Å²) in [6.45, 7) is 2.42. The molecule has 7 heteroatoms. The number of nitrogens with zero attached hydrogens (tertiary/aromatic N) is 3. The highest BCUT2D eigenvalue weighted by Gasteiger charge is 2.34. The zero-order valence-corrected chi connectivity index (χ0v) is 16.1. The Kier molecular flexibility index (Phi) is 5.14. The van der Waals surface area contributed by atoms with Crippen molar-refractivity contribution in [3.05, 3.63) is 65.5 Å². The summed E-state index contributed by atoms with van der Waals surface area (Å²) in [5.41, 5.74) is 1.63. The molecule has 0 unspecified atom stereocenters. The number of ether oxygens (including phenoxy) is 1. The Labute approximate surface area is 163 Å². The number of likely N-dealkylation sites (tertiary alicyclic amines) is 1. The topological polar surface area (TPSA) is 81.6 Å². The summed E-state index contributed by atoms with van der Waals surface area (Å²) < 4.78 is 16.8. The highest BCUT2D eigenvalue weighted by molar-refractivity contribution is 5.92. The van der Waals surface area contributed by atoms with E-state index in [1.165, 1.54) is 6.39 Å². The first-order valence-corrected chi connectivity index (χ1v) is 9.45. The molecule has 3 heterocycles. The number of carbonyl (C=O) groups excluding carboxylic acids is 1. The van der Waals surface area contributed by atoms with Gasteiger partial charge < -0.3 is 18.5 Å². The molecule has 1 aliphatic heterocycles. The summed E-state index contributed by atoms with van der Waals surface area (Å²) in [4.78, 5) is 23.3. The van der Waals surface area contributed by atoms with Crippen molar-refractivity contribution in [3.8, 4) is 5.75 Å². The molecule has 1 amide bonds. The number of methoxy groups -OCH3 is 1. The molecule has 2 aromatic heterocycles. The number of oxazole rings is 2. The molecule has 0 saturated carbocycles. The first-order chi connectivity index (χ1) is 13.7. The van der Waals surface area contributed by atoms with E-state index in [0.29, 0.717) is 24.6 Å². The van der Waals surface area contributed by atoms with E-state index >= 15 is 0 Å². The third kappa shape index (κ3) is 3.52. The van der Waals surface area contributed by atoms with Crippen LogP contribution in [0.5, 0.6) is 5.75 Å². The van der Waals surface area contributed by atoms with Crippen LogP contribution in [-0.4, -0.2) is 34.4 Å². The van der Waals surface area contributed by atoms with Crippen molar-refractivity contribution in [2.24, 2.45) is 0 Å². The van der Waals surface area contributed by atoms with Gasteiger partial charge >= 0.3 is 0 Å². The summed E-state index contributed by atoms with van der Waals surface area (Å²) in [5.74, 6) is 2.25. The molecule has 0 N–H and O–H groups in total. The normalized spacial score (nSPS) is 16.9. The molecule has 4 rings (SSSR count). The highest BCUT2D eigenvalue weighted by Crippen LogP contribution is 2.33. The molecule has 7 nitrogen and oxygen atoms in total. The number of carbonyl (C=O) groups is 1. The fourth-order valence-corrected chi connectivity index (χ4v) is 3.66. The predicted octanol–water partition coefficient (Wildman–Crippen LogP) is 3.94. The molecule has 0 spiro atoms. The van der Waals surface area contributed by atoms with E-state index in [4.69, 9.17) is 13.6 Å².